The molecule has 0 bridgehead atoms. The van der Waals surface area contributed by atoms with Gasteiger partial charge in [-0.05, 0) is 30.4 Å². The smallest absolute Gasteiger partial charge is 0.303 e. The van der Waals surface area contributed by atoms with Crippen molar-refractivity contribution in [1.29, 1.82) is 0 Å². The van der Waals surface area contributed by atoms with Crippen LogP contribution < -0.4 is 5.32 Å². The van der Waals surface area contributed by atoms with Crippen LogP contribution in [0.25, 0.3) is 0 Å². The van der Waals surface area contributed by atoms with E-state index >= 15 is 0 Å². The zero-order chi connectivity index (χ0) is 14.8. The summed E-state index contributed by atoms with van der Waals surface area (Å²) >= 11 is 0. The maximum absolute atomic E-state index is 13.4. The number of amides is 1. The number of carbonyl (C=O) groups is 2. The molecule has 0 heterocycles. The summed E-state index contributed by atoms with van der Waals surface area (Å²) < 4.78 is 26.2. The third-order valence-corrected chi connectivity index (χ3v) is 3.74. The Morgan fingerprint density at radius 3 is 2.50 bits per heavy atom. The predicted octanol–water partition coefficient (Wildman–Crippen LogP) is 2.34. The molecular formula is C14H15F2NO3. The molecule has 2 N–H and O–H groups in total. The molecule has 0 aliphatic heterocycles. The Kier molecular flexibility index (Phi) is 4.01. The van der Waals surface area contributed by atoms with Crippen molar-refractivity contribution in [3.8, 4) is 0 Å². The van der Waals surface area contributed by atoms with Crippen LogP contribution >= 0.6 is 0 Å². The van der Waals surface area contributed by atoms with Crippen LogP contribution in [0.5, 0.6) is 0 Å². The van der Waals surface area contributed by atoms with Crippen molar-refractivity contribution in [3.63, 3.8) is 0 Å². The van der Waals surface area contributed by atoms with Crippen molar-refractivity contribution in [2.45, 2.75) is 25.7 Å². The second kappa shape index (κ2) is 5.56. The first kappa shape index (κ1) is 14.4. The Balaban J connectivity index is 1.99. The molecule has 6 heteroatoms. The number of carboxylic acids is 1. The molecule has 0 spiro atoms. The molecule has 1 saturated carbocycles. The van der Waals surface area contributed by atoms with Gasteiger partial charge in [-0.3, -0.25) is 9.59 Å². The summed E-state index contributed by atoms with van der Waals surface area (Å²) in [5.41, 5.74) is -0.672. The third-order valence-electron chi connectivity index (χ3n) is 3.74. The maximum Gasteiger partial charge on any atom is 0.303 e. The van der Waals surface area contributed by atoms with Gasteiger partial charge in [0.2, 0.25) is 0 Å². The lowest BCUT2D eigenvalue weighted by atomic mass is 9.66. The van der Waals surface area contributed by atoms with Crippen LogP contribution in [-0.2, 0) is 4.79 Å². The summed E-state index contributed by atoms with van der Waals surface area (Å²) in [5.74, 6) is -3.24. The number of rotatable bonds is 5. The van der Waals surface area contributed by atoms with E-state index in [1.54, 1.807) is 0 Å². The highest BCUT2D eigenvalue weighted by Gasteiger charge is 2.39. The molecule has 0 unspecified atom stereocenters. The van der Waals surface area contributed by atoms with Crippen molar-refractivity contribution < 1.29 is 23.5 Å². The Morgan fingerprint density at radius 1 is 1.30 bits per heavy atom. The van der Waals surface area contributed by atoms with E-state index in [1.165, 1.54) is 0 Å². The molecule has 1 amide bonds. The van der Waals surface area contributed by atoms with Crippen molar-refractivity contribution in [2.75, 3.05) is 6.54 Å². The van der Waals surface area contributed by atoms with Gasteiger partial charge in [-0.2, -0.15) is 0 Å². The van der Waals surface area contributed by atoms with E-state index in [0.29, 0.717) is 6.07 Å². The Hall–Kier alpha value is -1.98. The SMILES string of the molecule is O=C(O)CC1(CNC(=O)c2ccc(F)cc2F)CCC1. The van der Waals surface area contributed by atoms with Crippen LogP contribution in [-0.4, -0.2) is 23.5 Å². The number of carboxylic acid groups (broad SMARTS) is 1. The number of aliphatic carboxylic acids is 1. The largest absolute Gasteiger partial charge is 0.481 e. The molecule has 0 atom stereocenters. The molecule has 1 fully saturated rings. The molecule has 0 aromatic heterocycles. The minimum absolute atomic E-state index is 0.0147. The van der Waals surface area contributed by atoms with Gasteiger partial charge in [0.25, 0.3) is 5.91 Å². The summed E-state index contributed by atoms with van der Waals surface area (Å²) in [7, 11) is 0. The van der Waals surface area contributed by atoms with Gasteiger partial charge in [0.15, 0.2) is 0 Å². The van der Waals surface area contributed by atoms with Crippen LogP contribution in [0, 0.1) is 17.0 Å². The van der Waals surface area contributed by atoms with Gasteiger partial charge < -0.3 is 10.4 Å². The van der Waals surface area contributed by atoms with Crippen molar-refractivity contribution in [1.82, 2.24) is 5.32 Å². The Morgan fingerprint density at radius 2 is 2.00 bits per heavy atom. The molecule has 0 radical (unpaired) electrons. The first-order valence-electron chi connectivity index (χ1n) is 6.37. The molecule has 0 saturated heterocycles. The summed E-state index contributed by atoms with van der Waals surface area (Å²) in [6, 6.07) is 2.73. The molecule has 1 aliphatic rings. The molecule has 2 rings (SSSR count). The van der Waals surface area contributed by atoms with Crippen LogP contribution in [0.1, 0.15) is 36.0 Å². The Bertz CT molecular complexity index is 541. The van der Waals surface area contributed by atoms with Gasteiger partial charge in [-0.15, -0.1) is 0 Å². The number of halogens is 2. The van der Waals surface area contributed by atoms with Crippen LogP contribution in [0.3, 0.4) is 0 Å². The number of nitrogens with one attached hydrogen (secondary N) is 1. The average Bonchev–Trinajstić information content (AvgIpc) is 2.31. The molecule has 108 valence electrons. The lowest BCUT2D eigenvalue weighted by Crippen LogP contribution is -2.43. The van der Waals surface area contributed by atoms with Crippen LogP contribution in [0.4, 0.5) is 8.78 Å². The highest BCUT2D eigenvalue weighted by atomic mass is 19.1. The number of benzene rings is 1. The van der Waals surface area contributed by atoms with E-state index in [2.05, 4.69) is 5.32 Å². The fourth-order valence-electron chi connectivity index (χ4n) is 2.45. The average molecular weight is 283 g/mol. The van der Waals surface area contributed by atoms with Gasteiger partial charge in [0, 0.05) is 12.6 Å². The summed E-state index contributed by atoms with van der Waals surface area (Å²) in [4.78, 5) is 22.6. The summed E-state index contributed by atoms with van der Waals surface area (Å²) in [6.45, 7) is 0.189. The summed E-state index contributed by atoms with van der Waals surface area (Å²) in [6.07, 6.45) is 2.37. The van der Waals surface area contributed by atoms with E-state index < -0.39 is 28.9 Å². The minimum Gasteiger partial charge on any atom is -0.481 e. The van der Waals surface area contributed by atoms with Crippen molar-refractivity contribution in [3.05, 3.63) is 35.4 Å². The lowest BCUT2D eigenvalue weighted by molar-refractivity contribution is -0.141. The Labute approximate surface area is 114 Å². The summed E-state index contributed by atoms with van der Waals surface area (Å²) in [5, 5.41) is 11.4. The number of hydrogen-bond acceptors (Lipinski definition) is 2. The third kappa shape index (κ3) is 3.12. The number of hydrogen-bond donors (Lipinski definition) is 2. The second-order valence-corrected chi connectivity index (χ2v) is 5.23. The monoisotopic (exact) mass is 283 g/mol. The number of carbonyl (C=O) groups excluding carboxylic acids is 1. The molecule has 1 aromatic rings. The molecule has 1 aromatic carbocycles. The first-order valence-corrected chi connectivity index (χ1v) is 6.37. The van der Waals surface area contributed by atoms with E-state index in [4.69, 9.17) is 5.11 Å². The van der Waals surface area contributed by atoms with E-state index in [1.807, 2.05) is 0 Å². The maximum atomic E-state index is 13.4. The van der Waals surface area contributed by atoms with Crippen LogP contribution in [0.15, 0.2) is 18.2 Å². The normalized spacial score (nSPS) is 16.3. The van der Waals surface area contributed by atoms with Gasteiger partial charge >= 0.3 is 5.97 Å². The first-order chi connectivity index (χ1) is 9.42. The fraction of sp³-hybridized carbons (Fsp3) is 0.429. The standard InChI is InChI=1S/C14H15F2NO3/c15-9-2-3-10(11(16)6-9)13(20)17-8-14(4-1-5-14)7-12(18)19/h2-3,6H,1,4-5,7-8H2,(H,17,20)(H,18,19). The second-order valence-electron chi connectivity index (χ2n) is 5.23. The molecular weight excluding hydrogens is 268 g/mol. The quantitative estimate of drug-likeness (QED) is 0.871. The topological polar surface area (TPSA) is 66.4 Å². The minimum atomic E-state index is -0.927. The molecule has 4 nitrogen and oxygen atoms in total. The van der Waals surface area contributed by atoms with E-state index in [0.717, 1.165) is 31.4 Å². The fourth-order valence-corrected chi connectivity index (χ4v) is 2.45. The highest BCUT2D eigenvalue weighted by molar-refractivity contribution is 5.94. The zero-order valence-electron chi connectivity index (χ0n) is 10.8. The predicted molar refractivity (Wildman–Crippen MR) is 67.2 cm³/mol. The highest BCUT2D eigenvalue weighted by Crippen LogP contribution is 2.43. The molecule has 1 aliphatic carbocycles. The lowest BCUT2D eigenvalue weighted by Gasteiger charge is -2.40. The van der Waals surface area contributed by atoms with Crippen molar-refractivity contribution in [2.24, 2.45) is 5.41 Å². The van der Waals surface area contributed by atoms with E-state index in [-0.39, 0.29) is 18.5 Å². The van der Waals surface area contributed by atoms with Crippen LogP contribution in [0.2, 0.25) is 0 Å². The van der Waals surface area contributed by atoms with Gasteiger partial charge in [-0.1, -0.05) is 6.42 Å². The van der Waals surface area contributed by atoms with Gasteiger partial charge in [0.05, 0.1) is 12.0 Å². The van der Waals surface area contributed by atoms with Gasteiger partial charge in [-0.25, -0.2) is 8.78 Å². The van der Waals surface area contributed by atoms with Gasteiger partial charge in [0.1, 0.15) is 11.6 Å². The van der Waals surface area contributed by atoms with E-state index in [9.17, 15) is 18.4 Å². The van der Waals surface area contributed by atoms with Crippen molar-refractivity contribution >= 4 is 11.9 Å². The zero-order valence-corrected chi connectivity index (χ0v) is 10.8. The molecule has 20 heavy (non-hydrogen) atoms.